The van der Waals surface area contributed by atoms with Crippen LogP contribution in [-0.2, 0) is 15.1 Å². The fraction of sp³-hybridized carbons (Fsp3) is 0.263. The average molecular weight is 343 g/mol. The molecule has 0 spiro atoms. The lowest BCUT2D eigenvalue weighted by atomic mass is 9.87. The second kappa shape index (κ2) is 8.02. The zero-order valence-corrected chi connectivity index (χ0v) is 14.5. The van der Waals surface area contributed by atoms with Crippen LogP contribution in [0, 0.1) is 0 Å². The molecule has 126 valence electrons. The molecule has 2 N–H and O–H groups in total. The van der Waals surface area contributed by atoms with Crippen molar-refractivity contribution in [3.05, 3.63) is 66.2 Å². The first-order chi connectivity index (χ1) is 11.5. The van der Waals surface area contributed by atoms with E-state index in [2.05, 4.69) is 5.32 Å². The van der Waals surface area contributed by atoms with Gasteiger partial charge in [0, 0.05) is 4.90 Å². The summed E-state index contributed by atoms with van der Waals surface area (Å²) in [6.45, 7) is 3.54. The van der Waals surface area contributed by atoms with Crippen LogP contribution in [0.2, 0.25) is 0 Å². The molecule has 2 rings (SSSR count). The van der Waals surface area contributed by atoms with Crippen molar-refractivity contribution in [3.63, 3.8) is 0 Å². The SMILES string of the molecule is CCC(NC(=O)C(C)Sc1ccccc1)(C(=O)O)c1ccccc1. The molecular formula is C19H21NO3S. The third-order valence-corrected chi connectivity index (χ3v) is 5.04. The number of nitrogens with one attached hydrogen (secondary N) is 1. The van der Waals surface area contributed by atoms with E-state index < -0.39 is 16.8 Å². The Morgan fingerprint density at radius 1 is 1.08 bits per heavy atom. The fourth-order valence-corrected chi connectivity index (χ4v) is 3.37. The van der Waals surface area contributed by atoms with Gasteiger partial charge in [-0.25, -0.2) is 4.79 Å². The Morgan fingerprint density at radius 2 is 1.62 bits per heavy atom. The molecule has 0 aliphatic rings. The molecule has 0 saturated heterocycles. The van der Waals surface area contributed by atoms with Gasteiger partial charge >= 0.3 is 5.97 Å². The first-order valence-corrected chi connectivity index (χ1v) is 8.70. The molecule has 0 fully saturated rings. The summed E-state index contributed by atoms with van der Waals surface area (Å²) in [6, 6.07) is 18.4. The molecule has 0 aliphatic carbocycles. The number of carboxylic acid groups (broad SMARTS) is 1. The molecule has 2 unspecified atom stereocenters. The fourth-order valence-electron chi connectivity index (χ4n) is 2.48. The van der Waals surface area contributed by atoms with Gasteiger partial charge in [0.25, 0.3) is 0 Å². The van der Waals surface area contributed by atoms with E-state index in [1.54, 1.807) is 38.1 Å². The van der Waals surface area contributed by atoms with Gasteiger partial charge in [0.1, 0.15) is 0 Å². The maximum absolute atomic E-state index is 12.6. The van der Waals surface area contributed by atoms with E-state index in [1.165, 1.54) is 11.8 Å². The molecule has 0 radical (unpaired) electrons. The van der Waals surface area contributed by atoms with Gasteiger partial charge in [-0.2, -0.15) is 0 Å². The third-order valence-electron chi connectivity index (χ3n) is 3.92. The number of amides is 1. The van der Waals surface area contributed by atoms with Crippen LogP contribution >= 0.6 is 11.8 Å². The summed E-state index contributed by atoms with van der Waals surface area (Å²) >= 11 is 1.40. The van der Waals surface area contributed by atoms with Crippen LogP contribution < -0.4 is 5.32 Å². The number of carboxylic acids is 1. The average Bonchev–Trinajstić information content (AvgIpc) is 2.60. The minimum absolute atomic E-state index is 0.265. The van der Waals surface area contributed by atoms with E-state index in [9.17, 15) is 14.7 Å². The van der Waals surface area contributed by atoms with E-state index in [0.29, 0.717) is 5.56 Å². The lowest BCUT2D eigenvalue weighted by Crippen LogP contribution is -2.53. The second-order valence-electron chi connectivity index (χ2n) is 5.49. The lowest BCUT2D eigenvalue weighted by Gasteiger charge is -2.31. The topological polar surface area (TPSA) is 66.4 Å². The number of carbonyl (C=O) groups excluding carboxylic acids is 1. The summed E-state index contributed by atoms with van der Waals surface area (Å²) in [7, 11) is 0. The Balaban J connectivity index is 2.20. The molecule has 5 heteroatoms. The monoisotopic (exact) mass is 343 g/mol. The first kappa shape index (κ1) is 18.1. The molecule has 0 saturated carbocycles. The van der Waals surface area contributed by atoms with Gasteiger partial charge in [-0.1, -0.05) is 55.5 Å². The molecule has 1 amide bonds. The van der Waals surface area contributed by atoms with Crippen LogP contribution in [0.4, 0.5) is 0 Å². The Bertz CT molecular complexity index is 690. The summed E-state index contributed by atoms with van der Waals surface area (Å²) in [4.78, 5) is 25.5. The van der Waals surface area contributed by atoms with Crippen molar-refractivity contribution in [3.8, 4) is 0 Å². The Hall–Kier alpha value is -2.27. The van der Waals surface area contributed by atoms with E-state index in [1.807, 2.05) is 36.4 Å². The summed E-state index contributed by atoms with van der Waals surface area (Å²) in [6.07, 6.45) is 0.265. The minimum atomic E-state index is -1.41. The van der Waals surface area contributed by atoms with E-state index >= 15 is 0 Å². The molecule has 0 aromatic heterocycles. The van der Waals surface area contributed by atoms with Crippen molar-refractivity contribution in [1.82, 2.24) is 5.32 Å². The van der Waals surface area contributed by atoms with Crippen molar-refractivity contribution in [2.24, 2.45) is 0 Å². The summed E-state index contributed by atoms with van der Waals surface area (Å²) in [5, 5.41) is 12.1. The number of benzene rings is 2. The Kier molecular flexibility index (Phi) is 6.04. The summed E-state index contributed by atoms with van der Waals surface area (Å²) < 4.78 is 0. The van der Waals surface area contributed by atoms with Crippen LogP contribution in [0.15, 0.2) is 65.6 Å². The van der Waals surface area contributed by atoms with Gasteiger partial charge < -0.3 is 10.4 Å². The van der Waals surface area contributed by atoms with Crippen molar-refractivity contribution < 1.29 is 14.7 Å². The van der Waals surface area contributed by atoms with Gasteiger partial charge in [-0.05, 0) is 31.0 Å². The van der Waals surface area contributed by atoms with Gasteiger partial charge in [-0.15, -0.1) is 11.8 Å². The van der Waals surface area contributed by atoms with Crippen LogP contribution in [-0.4, -0.2) is 22.2 Å². The first-order valence-electron chi connectivity index (χ1n) is 7.82. The minimum Gasteiger partial charge on any atom is -0.479 e. The highest BCUT2D eigenvalue weighted by molar-refractivity contribution is 8.00. The maximum atomic E-state index is 12.6. The van der Waals surface area contributed by atoms with Crippen molar-refractivity contribution in [2.45, 2.75) is 36.0 Å². The Labute approximate surface area is 146 Å². The van der Waals surface area contributed by atoms with Gasteiger partial charge in [0.05, 0.1) is 5.25 Å². The summed E-state index contributed by atoms with van der Waals surface area (Å²) in [5.41, 5.74) is -0.839. The zero-order chi connectivity index (χ0) is 17.6. The number of hydrogen-bond acceptors (Lipinski definition) is 3. The number of rotatable bonds is 7. The van der Waals surface area contributed by atoms with Gasteiger partial charge in [0.2, 0.25) is 5.91 Å². The molecule has 0 heterocycles. The van der Waals surface area contributed by atoms with E-state index in [0.717, 1.165) is 4.90 Å². The number of aliphatic carboxylic acids is 1. The van der Waals surface area contributed by atoms with E-state index in [-0.39, 0.29) is 12.3 Å². The molecule has 0 aliphatic heterocycles. The quantitative estimate of drug-likeness (QED) is 0.753. The summed E-state index contributed by atoms with van der Waals surface area (Å²) in [5.74, 6) is -1.35. The molecule has 2 atom stereocenters. The van der Waals surface area contributed by atoms with Crippen LogP contribution in [0.5, 0.6) is 0 Å². The highest BCUT2D eigenvalue weighted by atomic mass is 32.2. The van der Waals surface area contributed by atoms with Gasteiger partial charge in [-0.3, -0.25) is 4.79 Å². The van der Waals surface area contributed by atoms with Crippen molar-refractivity contribution >= 4 is 23.6 Å². The predicted octanol–water partition coefficient (Wildman–Crippen LogP) is 3.67. The molecule has 2 aromatic carbocycles. The number of carbonyl (C=O) groups is 2. The lowest BCUT2D eigenvalue weighted by molar-refractivity contribution is -0.148. The molecule has 2 aromatic rings. The van der Waals surface area contributed by atoms with Crippen molar-refractivity contribution in [1.29, 1.82) is 0 Å². The second-order valence-corrected chi connectivity index (χ2v) is 6.91. The molecular weight excluding hydrogens is 322 g/mol. The molecule has 4 nitrogen and oxygen atoms in total. The third kappa shape index (κ3) is 3.97. The molecule has 24 heavy (non-hydrogen) atoms. The number of thioether (sulfide) groups is 1. The van der Waals surface area contributed by atoms with Gasteiger partial charge in [0.15, 0.2) is 5.54 Å². The Morgan fingerprint density at radius 3 is 2.12 bits per heavy atom. The van der Waals surface area contributed by atoms with Crippen LogP contribution in [0.25, 0.3) is 0 Å². The predicted molar refractivity (Wildman–Crippen MR) is 96.0 cm³/mol. The number of hydrogen-bond donors (Lipinski definition) is 2. The largest absolute Gasteiger partial charge is 0.479 e. The zero-order valence-electron chi connectivity index (χ0n) is 13.7. The smallest absolute Gasteiger partial charge is 0.334 e. The maximum Gasteiger partial charge on any atom is 0.334 e. The normalized spacial score (nSPS) is 14.4. The van der Waals surface area contributed by atoms with Crippen molar-refractivity contribution in [2.75, 3.05) is 0 Å². The van der Waals surface area contributed by atoms with Crippen LogP contribution in [0.1, 0.15) is 25.8 Å². The standard InChI is InChI=1S/C19H21NO3S/c1-3-19(18(22)23,15-10-6-4-7-11-15)20-17(21)14(2)24-16-12-8-5-9-13-16/h4-14H,3H2,1-2H3,(H,20,21)(H,22,23). The van der Waals surface area contributed by atoms with E-state index in [4.69, 9.17) is 0 Å². The highest BCUT2D eigenvalue weighted by Crippen LogP contribution is 2.28. The van der Waals surface area contributed by atoms with Crippen LogP contribution in [0.3, 0.4) is 0 Å². The highest BCUT2D eigenvalue weighted by Gasteiger charge is 2.41. The molecule has 0 bridgehead atoms.